The molecule has 0 saturated carbocycles. The molecule has 0 heterocycles. The third kappa shape index (κ3) is 4.24. The summed E-state index contributed by atoms with van der Waals surface area (Å²) in [5, 5.41) is 9.95. The predicted molar refractivity (Wildman–Crippen MR) is 59.1 cm³/mol. The molecule has 1 rings (SSSR count). The molecule has 6 heteroatoms. The topological polar surface area (TPSA) is 26.7 Å². The Morgan fingerprint density at radius 1 is 1.18 bits per heavy atom. The number of benzene rings is 1. The van der Waals surface area contributed by atoms with Crippen LogP contribution in [-0.2, 0) is 6.18 Å². The maximum atomic E-state index is 12.5. The lowest BCUT2D eigenvalue weighted by Crippen LogP contribution is -2.28. The Balaban J connectivity index is 2.77. The van der Waals surface area contributed by atoms with E-state index in [0.29, 0.717) is 18.8 Å². The summed E-state index contributed by atoms with van der Waals surface area (Å²) in [4.78, 5) is 1.65. The van der Waals surface area contributed by atoms with Crippen molar-refractivity contribution in [3.8, 4) is 0 Å². The van der Waals surface area contributed by atoms with Gasteiger partial charge in [-0.1, -0.05) is 6.07 Å². The van der Waals surface area contributed by atoms with E-state index in [1.54, 1.807) is 18.0 Å². The molecule has 0 saturated heterocycles. The highest BCUT2D eigenvalue weighted by Gasteiger charge is 2.30. The first-order valence-corrected chi connectivity index (χ1v) is 5.09. The summed E-state index contributed by atoms with van der Waals surface area (Å²) in [6, 6.07) is 5.11. The molecule has 17 heavy (non-hydrogen) atoms. The van der Waals surface area contributed by atoms with Crippen LogP contribution in [0.25, 0.3) is 0 Å². The quantitative estimate of drug-likeness (QED) is 0.829. The van der Waals surface area contributed by atoms with Crippen molar-refractivity contribution < 1.29 is 18.4 Å². The Labute approximate surface area is 98.0 Å². The van der Waals surface area contributed by atoms with Crippen LogP contribution in [0.4, 0.5) is 18.9 Å². The lowest BCUT2D eigenvalue weighted by Gasteiger charge is -2.21. The summed E-state index contributed by atoms with van der Waals surface area (Å²) in [7, 11) is 3.17. The maximum absolute atomic E-state index is 12.5. The van der Waals surface area contributed by atoms with Crippen molar-refractivity contribution in [3.63, 3.8) is 0 Å². The van der Waals surface area contributed by atoms with Gasteiger partial charge >= 0.3 is 6.18 Å². The van der Waals surface area contributed by atoms with Gasteiger partial charge in [0.2, 0.25) is 0 Å². The number of nitrogens with zero attached hydrogens (tertiary/aromatic N) is 2. The number of hydrogen-bond donors (Lipinski definition) is 1. The highest BCUT2D eigenvalue weighted by atomic mass is 19.4. The van der Waals surface area contributed by atoms with Crippen molar-refractivity contribution >= 4 is 5.69 Å². The first-order chi connectivity index (χ1) is 7.80. The molecule has 0 aliphatic rings. The molecular weight excluding hydrogens is 233 g/mol. The Bertz CT molecular complexity index is 366. The first kappa shape index (κ1) is 13.8. The van der Waals surface area contributed by atoms with Crippen molar-refractivity contribution in [1.82, 2.24) is 5.06 Å². The molecule has 1 aromatic rings. The van der Waals surface area contributed by atoms with Gasteiger partial charge in [0.1, 0.15) is 0 Å². The number of rotatable bonds is 4. The summed E-state index contributed by atoms with van der Waals surface area (Å²) in [6.07, 6.45) is -4.33. The van der Waals surface area contributed by atoms with Gasteiger partial charge in [-0.2, -0.15) is 18.2 Å². The van der Waals surface area contributed by atoms with Gasteiger partial charge in [-0.15, -0.1) is 0 Å². The number of anilines is 1. The van der Waals surface area contributed by atoms with E-state index in [2.05, 4.69) is 0 Å². The predicted octanol–water partition coefficient (Wildman–Crippen LogP) is 2.46. The summed E-state index contributed by atoms with van der Waals surface area (Å²) in [6.45, 7) is 0.793. The Hall–Kier alpha value is -1.27. The second kappa shape index (κ2) is 5.37. The molecule has 0 amide bonds. The van der Waals surface area contributed by atoms with Gasteiger partial charge < -0.3 is 10.1 Å². The number of likely N-dealkylation sites (N-methyl/N-ethyl adjacent to an activating group) is 2. The molecule has 0 aromatic heterocycles. The van der Waals surface area contributed by atoms with Gasteiger partial charge in [-0.05, 0) is 18.2 Å². The van der Waals surface area contributed by atoms with E-state index in [1.165, 1.54) is 13.1 Å². The second-order valence-corrected chi connectivity index (χ2v) is 3.85. The highest BCUT2D eigenvalue weighted by molar-refractivity contribution is 5.48. The summed E-state index contributed by atoms with van der Waals surface area (Å²) in [5.74, 6) is 0. The van der Waals surface area contributed by atoms with Crippen LogP contribution in [0.1, 0.15) is 5.56 Å². The zero-order chi connectivity index (χ0) is 13.1. The van der Waals surface area contributed by atoms with Crippen LogP contribution in [0.15, 0.2) is 24.3 Å². The minimum absolute atomic E-state index is 0.354. The lowest BCUT2D eigenvalue weighted by atomic mass is 10.2. The van der Waals surface area contributed by atoms with E-state index in [4.69, 9.17) is 5.21 Å². The van der Waals surface area contributed by atoms with Crippen LogP contribution in [0.3, 0.4) is 0 Å². The molecule has 1 N–H and O–H groups in total. The van der Waals surface area contributed by atoms with Crippen molar-refractivity contribution in [3.05, 3.63) is 29.8 Å². The Morgan fingerprint density at radius 3 is 2.35 bits per heavy atom. The number of hydrogen-bond acceptors (Lipinski definition) is 3. The largest absolute Gasteiger partial charge is 0.416 e. The standard InChI is InChI=1S/C11H15F3N2O/c1-15(6-7-16(2)17)10-5-3-4-9(8-10)11(12,13)14/h3-5,8,17H,6-7H2,1-2H3. The molecule has 0 fully saturated rings. The van der Waals surface area contributed by atoms with Crippen LogP contribution in [0, 0.1) is 0 Å². The first-order valence-electron chi connectivity index (χ1n) is 5.09. The molecule has 0 unspecified atom stereocenters. The molecular formula is C11H15F3N2O. The Morgan fingerprint density at radius 2 is 1.82 bits per heavy atom. The fourth-order valence-electron chi connectivity index (χ4n) is 1.34. The van der Waals surface area contributed by atoms with Crippen molar-refractivity contribution in [2.24, 2.45) is 0 Å². The molecule has 96 valence electrons. The van der Waals surface area contributed by atoms with Crippen LogP contribution in [0.5, 0.6) is 0 Å². The second-order valence-electron chi connectivity index (χ2n) is 3.85. The third-order valence-electron chi connectivity index (χ3n) is 2.37. The van der Waals surface area contributed by atoms with Gasteiger partial charge in [0, 0.05) is 32.9 Å². The fourth-order valence-corrected chi connectivity index (χ4v) is 1.34. The van der Waals surface area contributed by atoms with Crippen LogP contribution in [0.2, 0.25) is 0 Å². The molecule has 0 radical (unpaired) electrons. The zero-order valence-corrected chi connectivity index (χ0v) is 9.70. The normalized spacial score (nSPS) is 11.9. The third-order valence-corrected chi connectivity index (χ3v) is 2.37. The number of hydroxylamine groups is 2. The van der Waals surface area contributed by atoms with E-state index in [0.717, 1.165) is 17.2 Å². The lowest BCUT2D eigenvalue weighted by molar-refractivity contribution is -0.137. The van der Waals surface area contributed by atoms with E-state index in [-0.39, 0.29) is 0 Å². The highest BCUT2D eigenvalue weighted by Crippen LogP contribution is 2.31. The summed E-state index contributed by atoms with van der Waals surface area (Å²) >= 11 is 0. The van der Waals surface area contributed by atoms with Gasteiger partial charge in [-0.25, -0.2) is 0 Å². The van der Waals surface area contributed by atoms with Crippen molar-refractivity contribution in [2.45, 2.75) is 6.18 Å². The molecule has 0 aliphatic heterocycles. The van der Waals surface area contributed by atoms with Crippen molar-refractivity contribution in [1.29, 1.82) is 0 Å². The molecule has 0 spiro atoms. The number of halogens is 3. The molecule has 0 aliphatic carbocycles. The van der Waals surface area contributed by atoms with Crippen LogP contribution in [-0.4, -0.2) is 37.5 Å². The van der Waals surface area contributed by atoms with Crippen LogP contribution < -0.4 is 4.90 Å². The Kier molecular flexibility index (Phi) is 4.36. The fraction of sp³-hybridized carbons (Fsp3) is 0.455. The van der Waals surface area contributed by atoms with Gasteiger partial charge in [0.25, 0.3) is 0 Å². The average molecular weight is 248 g/mol. The van der Waals surface area contributed by atoms with Gasteiger partial charge in [-0.3, -0.25) is 0 Å². The van der Waals surface area contributed by atoms with Gasteiger partial charge in [0.15, 0.2) is 0 Å². The molecule has 3 nitrogen and oxygen atoms in total. The summed E-state index contributed by atoms with van der Waals surface area (Å²) in [5.41, 5.74) is -0.194. The van der Waals surface area contributed by atoms with Crippen LogP contribution >= 0.6 is 0 Å². The summed E-state index contributed by atoms with van der Waals surface area (Å²) < 4.78 is 37.4. The molecule has 1 aromatic carbocycles. The SMILES string of the molecule is CN(O)CCN(C)c1cccc(C(F)(F)F)c1. The minimum atomic E-state index is -4.33. The van der Waals surface area contributed by atoms with E-state index in [9.17, 15) is 13.2 Å². The van der Waals surface area contributed by atoms with E-state index in [1.807, 2.05) is 0 Å². The average Bonchev–Trinajstić information content (AvgIpc) is 2.25. The van der Waals surface area contributed by atoms with Gasteiger partial charge in [0.05, 0.1) is 5.56 Å². The smallest absolute Gasteiger partial charge is 0.373 e. The van der Waals surface area contributed by atoms with Crippen molar-refractivity contribution in [2.75, 3.05) is 32.1 Å². The molecule has 0 bridgehead atoms. The minimum Gasteiger partial charge on any atom is -0.373 e. The van der Waals surface area contributed by atoms with E-state index < -0.39 is 11.7 Å². The monoisotopic (exact) mass is 248 g/mol. The maximum Gasteiger partial charge on any atom is 0.416 e. The zero-order valence-electron chi connectivity index (χ0n) is 9.70. The molecule has 0 atom stereocenters. The van der Waals surface area contributed by atoms with E-state index >= 15 is 0 Å². The number of alkyl halides is 3.